The van der Waals surface area contributed by atoms with Gasteiger partial charge in [0.1, 0.15) is 5.82 Å². The molecule has 1 atom stereocenters. The monoisotopic (exact) mass is 296 g/mol. The largest absolute Gasteiger partial charge is 0.469 e. The SMILES string of the molecule is COC(=O)CCN(C)CC(=O)NC(C)c1ccc(F)cc1. The Labute approximate surface area is 124 Å². The molecule has 0 aliphatic heterocycles. The average molecular weight is 296 g/mol. The molecule has 0 heterocycles. The lowest BCUT2D eigenvalue weighted by Crippen LogP contribution is -2.37. The van der Waals surface area contributed by atoms with Crippen LogP contribution in [0.3, 0.4) is 0 Å². The number of halogens is 1. The molecular weight excluding hydrogens is 275 g/mol. The van der Waals surface area contributed by atoms with E-state index < -0.39 is 0 Å². The zero-order valence-corrected chi connectivity index (χ0v) is 12.6. The first-order valence-corrected chi connectivity index (χ1v) is 6.72. The third kappa shape index (κ3) is 6.35. The van der Waals surface area contributed by atoms with Crippen molar-refractivity contribution >= 4 is 11.9 Å². The second kappa shape index (κ2) is 8.36. The molecule has 5 nitrogen and oxygen atoms in total. The number of rotatable bonds is 7. The predicted molar refractivity (Wildman–Crippen MR) is 77.1 cm³/mol. The zero-order chi connectivity index (χ0) is 15.8. The van der Waals surface area contributed by atoms with Gasteiger partial charge in [0.25, 0.3) is 0 Å². The van der Waals surface area contributed by atoms with E-state index in [1.54, 1.807) is 24.1 Å². The van der Waals surface area contributed by atoms with Crippen molar-refractivity contribution in [2.75, 3.05) is 27.2 Å². The molecule has 0 spiro atoms. The molecule has 0 aliphatic carbocycles. The minimum atomic E-state index is -0.306. The van der Waals surface area contributed by atoms with E-state index >= 15 is 0 Å². The highest BCUT2D eigenvalue weighted by atomic mass is 19.1. The molecule has 6 heteroatoms. The third-order valence-corrected chi connectivity index (χ3v) is 3.09. The molecular formula is C15H21FN2O3. The maximum atomic E-state index is 12.8. The molecule has 0 radical (unpaired) electrons. The van der Waals surface area contributed by atoms with Crippen molar-refractivity contribution in [3.05, 3.63) is 35.6 Å². The second-order valence-corrected chi connectivity index (χ2v) is 4.90. The van der Waals surface area contributed by atoms with Crippen LogP contribution >= 0.6 is 0 Å². The van der Waals surface area contributed by atoms with Crippen molar-refractivity contribution < 1.29 is 18.7 Å². The van der Waals surface area contributed by atoms with Gasteiger partial charge in [0.05, 0.1) is 26.1 Å². The fourth-order valence-corrected chi connectivity index (χ4v) is 1.83. The van der Waals surface area contributed by atoms with E-state index in [1.165, 1.54) is 19.2 Å². The molecule has 1 unspecified atom stereocenters. The number of hydrogen-bond donors (Lipinski definition) is 1. The van der Waals surface area contributed by atoms with E-state index in [0.29, 0.717) is 6.54 Å². The number of ether oxygens (including phenoxy) is 1. The number of esters is 1. The van der Waals surface area contributed by atoms with Gasteiger partial charge in [-0.2, -0.15) is 0 Å². The predicted octanol–water partition coefficient (Wildman–Crippen LogP) is 1.50. The summed E-state index contributed by atoms with van der Waals surface area (Å²) in [6, 6.07) is 5.80. The molecule has 0 saturated heterocycles. The van der Waals surface area contributed by atoms with Crippen LogP contribution in [0, 0.1) is 5.82 Å². The van der Waals surface area contributed by atoms with Gasteiger partial charge in [-0.15, -0.1) is 0 Å². The lowest BCUT2D eigenvalue weighted by molar-refractivity contribution is -0.141. The number of nitrogens with zero attached hydrogens (tertiary/aromatic N) is 1. The number of carbonyl (C=O) groups excluding carboxylic acids is 2. The molecule has 1 rings (SSSR count). The Balaban J connectivity index is 2.38. The van der Waals surface area contributed by atoms with Gasteiger partial charge in [-0.05, 0) is 31.7 Å². The summed E-state index contributed by atoms with van der Waals surface area (Å²) in [5.41, 5.74) is 0.835. The quantitative estimate of drug-likeness (QED) is 0.775. The first-order chi connectivity index (χ1) is 9.92. The van der Waals surface area contributed by atoms with E-state index in [-0.39, 0.29) is 36.7 Å². The summed E-state index contributed by atoms with van der Waals surface area (Å²) in [6.07, 6.45) is 0.244. The highest BCUT2D eigenvalue weighted by Gasteiger charge is 2.12. The standard InChI is InChI=1S/C15H21FN2O3/c1-11(12-4-6-13(16)7-5-12)17-14(19)10-18(2)9-8-15(20)21-3/h4-7,11H,8-10H2,1-3H3,(H,17,19). The highest BCUT2D eigenvalue weighted by Crippen LogP contribution is 2.12. The fraction of sp³-hybridized carbons (Fsp3) is 0.467. The third-order valence-electron chi connectivity index (χ3n) is 3.09. The van der Waals surface area contributed by atoms with Gasteiger partial charge in [-0.25, -0.2) is 4.39 Å². The van der Waals surface area contributed by atoms with Crippen molar-refractivity contribution in [2.45, 2.75) is 19.4 Å². The number of likely N-dealkylation sites (N-methyl/N-ethyl adjacent to an activating group) is 1. The molecule has 0 aromatic heterocycles. The second-order valence-electron chi connectivity index (χ2n) is 4.90. The Morgan fingerprint density at radius 1 is 1.33 bits per heavy atom. The topological polar surface area (TPSA) is 58.6 Å². The fourth-order valence-electron chi connectivity index (χ4n) is 1.83. The maximum Gasteiger partial charge on any atom is 0.306 e. The van der Waals surface area contributed by atoms with Crippen molar-refractivity contribution in [3.63, 3.8) is 0 Å². The summed E-state index contributed by atoms with van der Waals surface area (Å²) in [7, 11) is 3.09. The lowest BCUT2D eigenvalue weighted by Gasteiger charge is -2.18. The van der Waals surface area contributed by atoms with Crippen LogP contribution in [0.15, 0.2) is 24.3 Å². The number of hydrogen-bond acceptors (Lipinski definition) is 4. The van der Waals surface area contributed by atoms with Crippen LogP contribution < -0.4 is 5.32 Å². The van der Waals surface area contributed by atoms with Crippen LogP contribution in [-0.4, -0.2) is 44.0 Å². The van der Waals surface area contributed by atoms with Crippen LogP contribution in [0.4, 0.5) is 4.39 Å². The van der Waals surface area contributed by atoms with E-state index in [9.17, 15) is 14.0 Å². The van der Waals surface area contributed by atoms with Crippen LogP contribution in [0.2, 0.25) is 0 Å². The Hall–Kier alpha value is -1.95. The van der Waals surface area contributed by atoms with Crippen LogP contribution in [-0.2, 0) is 14.3 Å². The normalized spacial score (nSPS) is 12.0. The number of methoxy groups -OCH3 is 1. The summed E-state index contributed by atoms with van der Waals surface area (Å²) < 4.78 is 17.4. The molecule has 0 saturated carbocycles. The van der Waals surface area contributed by atoms with Crippen molar-refractivity contribution in [1.82, 2.24) is 10.2 Å². The van der Waals surface area contributed by atoms with Crippen LogP contribution in [0.1, 0.15) is 24.9 Å². The molecule has 1 N–H and O–H groups in total. The zero-order valence-electron chi connectivity index (χ0n) is 12.6. The van der Waals surface area contributed by atoms with Gasteiger partial charge in [-0.1, -0.05) is 12.1 Å². The Kier molecular flexibility index (Phi) is 6.81. The highest BCUT2D eigenvalue weighted by molar-refractivity contribution is 5.78. The van der Waals surface area contributed by atoms with Gasteiger partial charge < -0.3 is 10.1 Å². The Morgan fingerprint density at radius 2 is 1.95 bits per heavy atom. The van der Waals surface area contributed by atoms with Gasteiger partial charge in [-0.3, -0.25) is 14.5 Å². The maximum absolute atomic E-state index is 12.8. The van der Waals surface area contributed by atoms with E-state index in [2.05, 4.69) is 10.1 Å². The Bertz CT molecular complexity index is 476. The van der Waals surface area contributed by atoms with E-state index in [4.69, 9.17) is 0 Å². The first kappa shape index (κ1) is 17.1. The number of carbonyl (C=O) groups is 2. The molecule has 1 aromatic carbocycles. The molecule has 21 heavy (non-hydrogen) atoms. The Morgan fingerprint density at radius 3 is 2.52 bits per heavy atom. The summed E-state index contributed by atoms with van der Waals surface area (Å²) >= 11 is 0. The molecule has 1 aromatic rings. The summed E-state index contributed by atoms with van der Waals surface area (Å²) in [4.78, 5) is 24.6. The van der Waals surface area contributed by atoms with Gasteiger partial charge in [0, 0.05) is 6.54 Å². The summed E-state index contributed by atoms with van der Waals surface area (Å²) in [6.45, 7) is 2.47. The summed E-state index contributed by atoms with van der Waals surface area (Å²) in [5, 5.41) is 2.83. The van der Waals surface area contributed by atoms with Gasteiger partial charge in [0.15, 0.2) is 0 Å². The average Bonchev–Trinajstić information content (AvgIpc) is 2.45. The van der Waals surface area contributed by atoms with Crippen molar-refractivity contribution in [1.29, 1.82) is 0 Å². The summed E-state index contributed by atoms with van der Waals surface area (Å²) in [5.74, 6) is -0.763. The van der Waals surface area contributed by atoms with Gasteiger partial charge >= 0.3 is 5.97 Å². The minimum Gasteiger partial charge on any atom is -0.469 e. The molecule has 0 aliphatic rings. The number of nitrogens with one attached hydrogen (secondary N) is 1. The number of benzene rings is 1. The first-order valence-electron chi connectivity index (χ1n) is 6.72. The molecule has 0 fully saturated rings. The van der Waals surface area contributed by atoms with Crippen molar-refractivity contribution in [3.8, 4) is 0 Å². The van der Waals surface area contributed by atoms with Crippen molar-refractivity contribution in [2.24, 2.45) is 0 Å². The van der Waals surface area contributed by atoms with Crippen LogP contribution in [0.5, 0.6) is 0 Å². The lowest BCUT2D eigenvalue weighted by atomic mass is 10.1. The molecule has 116 valence electrons. The van der Waals surface area contributed by atoms with E-state index in [0.717, 1.165) is 5.56 Å². The number of amides is 1. The van der Waals surface area contributed by atoms with Gasteiger partial charge in [0.2, 0.25) is 5.91 Å². The van der Waals surface area contributed by atoms with E-state index in [1.807, 2.05) is 6.92 Å². The smallest absolute Gasteiger partial charge is 0.306 e. The molecule has 0 bridgehead atoms. The minimum absolute atomic E-state index is 0.154. The molecule has 1 amide bonds. The van der Waals surface area contributed by atoms with Crippen LogP contribution in [0.25, 0.3) is 0 Å².